The van der Waals surface area contributed by atoms with Crippen LogP contribution in [0, 0.1) is 23.7 Å². The van der Waals surface area contributed by atoms with E-state index < -0.39 is 5.54 Å². The summed E-state index contributed by atoms with van der Waals surface area (Å²) in [6.07, 6.45) is 6.26. The minimum atomic E-state index is -0.799. The molecule has 1 saturated heterocycles. The number of ether oxygens (including phenoxy) is 1. The van der Waals surface area contributed by atoms with Crippen molar-refractivity contribution >= 4 is 11.8 Å². The molecule has 0 radical (unpaired) electrons. The molecule has 144 valence electrons. The van der Waals surface area contributed by atoms with E-state index in [-0.39, 0.29) is 17.9 Å². The van der Waals surface area contributed by atoms with Crippen molar-refractivity contribution in [2.24, 2.45) is 23.7 Å². The standard InChI is InChI=1S/C22H28N2O3/c1-22(2)21(26)23(19-15-9-13-8-14(11-15)12-16(19)10-13)24(22)20(25)17-6-4-5-7-18(17)27-3/h4-7,13-16,19H,8-12H2,1-3H3. The summed E-state index contributed by atoms with van der Waals surface area (Å²) < 4.78 is 5.40. The Kier molecular flexibility index (Phi) is 3.62. The van der Waals surface area contributed by atoms with Crippen LogP contribution in [0.25, 0.3) is 0 Å². The number of carbonyl (C=O) groups is 2. The summed E-state index contributed by atoms with van der Waals surface area (Å²) in [7, 11) is 1.58. The molecule has 4 aliphatic carbocycles. The van der Waals surface area contributed by atoms with Crippen LogP contribution in [-0.4, -0.2) is 40.5 Å². The Morgan fingerprint density at radius 1 is 1.04 bits per heavy atom. The molecule has 1 heterocycles. The van der Waals surface area contributed by atoms with E-state index in [0.29, 0.717) is 23.1 Å². The maximum Gasteiger partial charge on any atom is 0.277 e. The van der Waals surface area contributed by atoms with Gasteiger partial charge in [0.05, 0.1) is 18.7 Å². The number of para-hydroxylation sites is 1. The Hall–Kier alpha value is -2.04. The average molecular weight is 368 g/mol. The van der Waals surface area contributed by atoms with E-state index in [9.17, 15) is 9.59 Å². The third-order valence-electron chi connectivity index (χ3n) is 7.47. The molecule has 0 N–H and O–H groups in total. The van der Waals surface area contributed by atoms with Gasteiger partial charge in [0.2, 0.25) is 0 Å². The highest BCUT2D eigenvalue weighted by Gasteiger charge is 2.62. The van der Waals surface area contributed by atoms with Gasteiger partial charge in [-0.3, -0.25) is 9.59 Å². The molecule has 0 spiro atoms. The first-order valence-electron chi connectivity index (χ1n) is 10.2. The highest BCUT2D eigenvalue weighted by atomic mass is 16.5. The molecule has 0 atom stereocenters. The number of hydrogen-bond donors (Lipinski definition) is 0. The van der Waals surface area contributed by atoms with Gasteiger partial charge in [0, 0.05) is 0 Å². The van der Waals surface area contributed by atoms with E-state index in [4.69, 9.17) is 4.74 Å². The third-order valence-corrected chi connectivity index (χ3v) is 7.47. The normalized spacial score (nSPS) is 36.0. The zero-order valence-electron chi connectivity index (χ0n) is 16.4. The summed E-state index contributed by atoms with van der Waals surface area (Å²) in [6.45, 7) is 3.71. The molecule has 27 heavy (non-hydrogen) atoms. The van der Waals surface area contributed by atoms with Crippen LogP contribution < -0.4 is 4.74 Å². The average Bonchev–Trinajstić information content (AvgIpc) is 2.65. The van der Waals surface area contributed by atoms with Crippen molar-refractivity contribution in [3.8, 4) is 5.75 Å². The lowest BCUT2D eigenvalue weighted by Gasteiger charge is -2.65. The SMILES string of the molecule is COc1ccccc1C(=O)N1N(C2C3CC4CC(C3)CC2C4)C(=O)C1(C)C. The summed E-state index contributed by atoms with van der Waals surface area (Å²) in [5, 5.41) is 3.56. The van der Waals surface area contributed by atoms with E-state index in [1.807, 2.05) is 31.0 Å². The molecule has 5 fully saturated rings. The molecule has 4 bridgehead atoms. The second-order valence-corrected chi connectivity index (χ2v) is 9.45. The fourth-order valence-corrected chi connectivity index (χ4v) is 6.54. The number of amides is 2. The van der Waals surface area contributed by atoms with Crippen molar-refractivity contribution in [2.75, 3.05) is 7.11 Å². The summed E-state index contributed by atoms with van der Waals surface area (Å²) in [6, 6.07) is 7.48. The molecule has 5 nitrogen and oxygen atoms in total. The number of benzene rings is 1. The Morgan fingerprint density at radius 2 is 1.63 bits per heavy atom. The lowest BCUT2D eigenvalue weighted by Crippen LogP contribution is -2.80. The fraction of sp³-hybridized carbons (Fsp3) is 0.636. The molecule has 5 aliphatic rings. The number of hydrazine groups is 1. The Morgan fingerprint density at radius 3 is 2.22 bits per heavy atom. The number of methoxy groups -OCH3 is 1. The van der Waals surface area contributed by atoms with Gasteiger partial charge in [0.15, 0.2) is 0 Å². The van der Waals surface area contributed by atoms with E-state index in [2.05, 4.69) is 0 Å². The van der Waals surface area contributed by atoms with E-state index in [1.54, 1.807) is 24.3 Å². The third kappa shape index (κ3) is 2.29. The maximum atomic E-state index is 13.5. The largest absolute Gasteiger partial charge is 0.496 e. The van der Waals surface area contributed by atoms with Crippen LogP contribution in [0.2, 0.25) is 0 Å². The van der Waals surface area contributed by atoms with E-state index >= 15 is 0 Å². The van der Waals surface area contributed by atoms with Gasteiger partial charge in [0.25, 0.3) is 11.8 Å². The van der Waals surface area contributed by atoms with Crippen LogP contribution in [0.3, 0.4) is 0 Å². The number of hydrogen-bond acceptors (Lipinski definition) is 3. The smallest absolute Gasteiger partial charge is 0.277 e. The molecule has 1 aromatic carbocycles. The lowest BCUT2D eigenvalue weighted by molar-refractivity contribution is -0.230. The molecule has 0 aromatic heterocycles. The topological polar surface area (TPSA) is 49.9 Å². The van der Waals surface area contributed by atoms with Crippen molar-refractivity contribution in [3.63, 3.8) is 0 Å². The number of nitrogens with zero attached hydrogens (tertiary/aromatic N) is 2. The first-order valence-corrected chi connectivity index (χ1v) is 10.2. The van der Waals surface area contributed by atoms with Crippen LogP contribution in [0.15, 0.2) is 24.3 Å². The van der Waals surface area contributed by atoms with Crippen molar-refractivity contribution in [2.45, 2.75) is 57.5 Å². The van der Waals surface area contributed by atoms with Crippen molar-refractivity contribution in [3.05, 3.63) is 29.8 Å². The first kappa shape index (κ1) is 17.1. The lowest BCUT2D eigenvalue weighted by atomic mass is 9.53. The Bertz CT molecular complexity index is 775. The van der Waals surface area contributed by atoms with Gasteiger partial charge in [-0.2, -0.15) is 0 Å². The van der Waals surface area contributed by atoms with Crippen LogP contribution in [0.4, 0.5) is 0 Å². The monoisotopic (exact) mass is 368 g/mol. The molecular formula is C22H28N2O3. The Balaban J connectivity index is 1.49. The van der Waals surface area contributed by atoms with Crippen LogP contribution >= 0.6 is 0 Å². The zero-order valence-corrected chi connectivity index (χ0v) is 16.4. The van der Waals surface area contributed by atoms with Crippen LogP contribution in [0.5, 0.6) is 5.75 Å². The molecule has 1 aromatic rings. The van der Waals surface area contributed by atoms with Crippen molar-refractivity contribution in [1.29, 1.82) is 0 Å². The highest BCUT2D eigenvalue weighted by Crippen LogP contribution is 2.57. The van der Waals surface area contributed by atoms with Crippen molar-refractivity contribution in [1.82, 2.24) is 10.0 Å². The van der Waals surface area contributed by atoms with E-state index in [1.165, 1.54) is 32.1 Å². The predicted molar refractivity (Wildman–Crippen MR) is 101 cm³/mol. The fourth-order valence-electron chi connectivity index (χ4n) is 6.54. The molecule has 4 saturated carbocycles. The predicted octanol–water partition coefficient (Wildman–Crippen LogP) is 3.50. The molecule has 1 aliphatic heterocycles. The van der Waals surface area contributed by atoms with E-state index in [0.717, 1.165) is 11.8 Å². The summed E-state index contributed by atoms with van der Waals surface area (Å²) in [5.41, 5.74) is -0.276. The van der Waals surface area contributed by atoms with Gasteiger partial charge in [-0.25, -0.2) is 10.0 Å². The molecule has 0 unspecified atom stereocenters. The summed E-state index contributed by atoms with van der Waals surface area (Å²) in [4.78, 5) is 26.6. The van der Waals surface area contributed by atoms with Crippen LogP contribution in [0.1, 0.15) is 56.3 Å². The molecule has 5 heteroatoms. The quantitative estimate of drug-likeness (QED) is 0.820. The Labute approximate surface area is 160 Å². The molecular weight excluding hydrogens is 340 g/mol. The number of rotatable bonds is 3. The summed E-state index contributed by atoms with van der Waals surface area (Å²) >= 11 is 0. The molecule has 2 amide bonds. The van der Waals surface area contributed by atoms with Crippen LogP contribution in [-0.2, 0) is 4.79 Å². The van der Waals surface area contributed by atoms with Gasteiger partial charge >= 0.3 is 0 Å². The van der Waals surface area contributed by atoms with Gasteiger partial charge < -0.3 is 4.74 Å². The molecule has 6 rings (SSSR count). The van der Waals surface area contributed by atoms with Gasteiger partial charge in [-0.05, 0) is 81.8 Å². The minimum Gasteiger partial charge on any atom is -0.496 e. The zero-order chi connectivity index (χ0) is 18.9. The highest BCUT2D eigenvalue weighted by molar-refractivity contribution is 6.05. The van der Waals surface area contributed by atoms with Gasteiger partial charge in [-0.1, -0.05) is 12.1 Å². The second-order valence-electron chi connectivity index (χ2n) is 9.45. The summed E-state index contributed by atoms with van der Waals surface area (Å²) in [5.74, 6) is 3.29. The van der Waals surface area contributed by atoms with Gasteiger partial charge in [-0.15, -0.1) is 0 Å². The van der Waals surface area contributed by atoms with Gasteiger partial charge in [0.1, 0.15) is 11.3 Å². The maximum absolute atomic E-state index is 13.5. The number of carbonyl (C=O) groups excluding carboxylic acids is 2. The minimum absolute atomic E-state index is 0.0863. The first-order chi connectivity index (χ1) is 12.9. The second kappa shape index (κ2) is 5.73. The van der Waals surface area contributed by atoms with Crippen molar-refractivity contribution < 1.29 is 14.3 Å².